The number of unbranched alkanes of at least 4 members (excludes halogenated alkanes) is 2. The first-order chi connectivity index (χ1) is 10.4. The van der Waals surface area contributed by atoms with Crippen LogP contribution in [0.5, 0.6) is 0 Å². The van der Waals surface area contributed by atoms with Crippen molar-refractivity contribution in [2.75, 3.05) is 47.3 Å². The average molecular weight is 313 g/mol. The van der Waals surface area contributed by atoms with E-state index in [0.29, 0.717) is 6.54 Å². The van der Waals surface area contributed by atoms with Crippen molar-refractivity contribution >= 4 is 11.6 Å². The van der Waals surface area contributed by atoms with Crippen LogP contribution in [0.25, 0.3) is 0 Å². The van der Waals surface area contributed by atoms with Gasteiger partial charge in [0.25, 0.3) is 0 Å². The van der Waals surface area contributed by atoms with Crippen LogP contribution in [0.3, 0.4) is 0 Å². The monoisotopic (exact) mass is 313 g/mol. The zero-order chi connectivity index (χ0) is 17.0. The van der Waals surface area contributed by atoms with Crippen molar-refractivity contribution in [3.63, 3.8) is 0 Å². The third-order valence-electron chi connectivity index (χ3n) is 3.94. The van der Waals surface area contributed by atoms with Crippen molar-refractivity contribution in [1.29, 1.82) is 0 Å². The Kier molecular flexibility index (Phi) is 12.3. The number of nitrogens with one attached hydrogen (secondary N) is 1. The zero-order valence-electron chi connectivity index (χ0n) is 15.2. The molecule has 0 rings (SSSR count). The lowest BCUT2D eigenvalue weighted by Crippen LogP contribution is -2.32. The van der Waals surface area contributed by atoms with Crippen LogP contribution < -0.4 is 5.32 Å². The standard InChI is InChI=1S/C17H35N3O2/c1-15(21)14-20(5)13-9-8-12-19(4)11-7-6-10-17(18-3)16(2)22/h17-18H,6-14H2,1-5H3. The number of hydrogen-bond donors (Lipinski definition) is 1. The van der Waals surface area contributed by atoms with Gasteiger partial charge in [0, 0.05) is 0 Å². The minimum Gasteiger partial charge on any atom is -0.311 e. The van der Waals surface area contributed by atoms with Crippen LogP contribution in [0, 0.1) is 0 Å². The van der Waals surface area contributed by atoms with Gasteiger partial charge in [0.15, 0.2) is 0 Å². The van der Waals surface area contributed by atoms with Gasteiger partial charge >= 0.3 is 0 Å². The van der Waals surface area contributed by atoms with Gasteiger partial charge in [-0.05, 0) is 80.3 Å². The van der Waals surface area contributed by atoms with E-state index in [2.05, 4.69) is 22.2 Å². The number of nitrogens with zero attached hydrogens (tertiary/aromatic N) is 2. The molecule has 0 aromatic rings. The molecule has 1 atom stereocenters. The number of carbonyl (C=O) groups excluding carboxylic acids is 2. The molecular formula is C17H35N3O2. The maximum atomic E-state index is 11.3. The maximum Gasteiger partial charge on any atom is 0.146 e. The van der Waals surface area contributed by atoms with Crippen LogP contribution in [0.4, 0.5) is 0 Å². The Morgan fingerprint density at radius 1 is 0.909 bits per heavy atom. The van der Waals surface area contributed by atoms with Crippen molar-refractivity contribution in [3.05, 3.63) is 0 Å². The molecule has 1 N–H and O–H groups in total. The normalized spacial score (nSPS) is 12.9. The molecular weight excluding hydrogens is 278 g/mol. The van der Waals surface area contributed by atoms with Crippen LogP contribution >= 0.6 is 0 Å². The van der Waals surface area contributed by atoms with Gasteiger partial charge in [-0.1, -0.05) is 6.42 Å². The number of likely N-dealkylation sites (N-methyl/N-ethyl adjacent to an activating group) is 2. The maximum absolute atomic E-state index is 11.3. The predicted octanol–water partition coefficient (Wildman–Crippen LogP) is 1.57. The SMILES string of the molecule is CNC(CCCCN(C)CCCCN(C)CC(C)=O)C(C)=O. The molecule has 0 aliphatic carbocycles. The summed E-state index contributed by atoms with van der Waals surface area (Å²) < 4.78 is 0. The molecule has 0 bridgehead atoms. The number of ketones is 2. The second-order valence-electron chi connectivity index (χ2n) is 6.40. The van der Waals surface area contributed by atoms with Crippen molar-refractivity contribution in [3.8, 4) is 0 Å². The number of hydrogen-bond acceptors (Lipinski definition) is 5. The summed E-state index contributed by atoms with van der Waals surface area (Å²) in [7, 11) is 6.00. The Morgan fingerprint density at radius 2 is 1.41 bits per heavy atom. The molecule has 0 radical (unpaired) electrons. The second-order valence-corrected chi connectivity index (χ2v) is 6.40. The molecule has 5 heteroatoms. The summed E-state index contributed by atoms with van der Waals surface area (Å²) in [6, 6.07) is 0.0159. The topological polar surface area (TPSA) is 52.6 Å². The average Bonchev–Trinajstić information content (AvgIpc) is 2.42. The molecule has 0 fully saturated rings. The minimum absolute atomic E-state index is 0.0159. The highest BCUT2D eigenvalue weighted by atomic mass is 16.1. The number of carbonyl (C=O) groups is 2. The molecule has 0 aromatic heterocycles. The largest absolute Gasteiger partial charge is 0.311 e. The Morgan fingerprint density at radius 3 is 1.86 bits per heavy atom. The van der Waals surface area contributed by atoms with Crippen molar-refractivity contribution in [1.82, 2.24) is 15.1 Å². The van der Waals surface area contributed by atoms with Crippen LogP contribution in [0.15, 0.2) is 0 Å². The van der Waals surface area contributed by atoms with Gasteiger partial charge in [0.05, 0.1) is 12.6 Å². The van der Waals surface area contributed by atoms with Gasteiger partial charge in [-0.2, -0.15) is 0 Å². The van der Waals surface area contributed by atoms with Gasteiger partial charge in [0.2, 0.25) is 0 Å². The summed E-state index contributed by atoms with van der Waals surface area (Å²) in [4.78, 5) is 26.7. The molecule has 130 valence electrons. The molecule has 22 heavy (non-hydrogen) atoms. The van der Waals surface area contributed by atoms with E-state index in [9.17, 15) is 9.59 Å². The van der Waals surface area contributed by atoms with E-state index in [1.54, 1.807) is 13.8 Å². The Bertz CT molecular complexity index is 321. The van der Waals surface area contributed by atoms with Crippen LogP contribution in [-0.4, -0.2) is 74.7 Å². The van der Waals surface area contributed by atoms with E-state index in [1.165, 1.54) is 0 Å². The molecule has 0 aliphatic heterocycles. The van der Waals surface area contributed by atoms with Crippen molar-refractivity contribution in [2.24, 2.45) is 0 Å². The highest BCUT2D eigenvalue weighted by molar-refractivity contribution is 5.81. The van der Waals surface area contributed by atoms with E-state index in [0.717, 1.165) is 51.7 Å². The fourth-order valence-corrected chi connectivity index (χ4v) is 2.62. The van der Waals surface area contributed by atoms with Crippen LogP contribution in [0.2, 0.25) is 0 Å². The molecule has 0 saturated carbocycles. The Labute approximate surface area is 136 Å². The molecule has 0 amide bonds. The lowest BCUT2D eigenvalue weighted by atomic mass is 10.1. The van der Waals surface area contributed by atoms with E-state index in [1.807, 2.05) is 14.1 Å². The number of Topliss-reactive ketones (excluding diaryl/α,β-unsaturated/α-hetero) is 2. The van der Waals surface area contributed by atoms with Crippen molar-refractivity contribution in [2.45, 2.75) is 52.0 Å². The van der Waals surface area contributed by atoms with E-state index >= 15 is 0 Å². The lowest BCUT2D eigenvalue weighted by molar-refractivity contribution is -0.119. The van der Waals surface area contributed by atoms with Gasteiger partial charge in [-0.3, -0.25) is 14.5 Å². The summed E-state index contributed by atoms with van der Waals surface area (Å²) in [6.07, 6.45) is 5.42. The summed E-state index contributed by atoms with van der Waals surface area (Å²) in [6.45, 7) is 6.99. The molecule has 5 nitrogen and oxygen atoms in total. The van der Waals surface area contributed by atoms with Gasteiger partial charge in [-0.15, -0.1) is 0 Å². The van der Waals surface area contributed by atoms with Gasteiger partial charge in [-0.25, -0.2) is 0 Å². The summed E-state index contributed by atoms with van der Waals surface area (Å²) in [5.41, 5.74) is 0. The highest BCUT2D eigenvalue weighted by Crippen LogP contribution is 2.04. The summed E-state index contributed by atoms with van der Waals surface area (Å²) in [5, 5.41) is 3.06. The van der Waals surface area contributed by atoms with E-state index in [4.69, 9.17) is 0 Å². The van der Waals surface area contributed by atoms with E-state index in [-0.39, 0.29) is 17.6 Å². The minimum atomic E-state index is 0.0159. The third-order valence-corrected chi connectivity index (χ3v) is 3.94. The molecule has 0 heterocycles. The fourth-order valence-electron chi connectivity index (χ4n) is 2.62. The van der Waals surface area contributed by atoms with E-state index < -0.39 is 0 Å². The summed E-state index contributed by atoms with van der Waals surface area (Å²) in [5.74, 6) is 0.454. The summed E-state index contributed by atoms with van der Waals surface area (Å²) >= 11 is 0. The molecule has 0 spiro atoms. The third kappa shape index (κ3) is 11.8. The molecule has 0 aromatic carbocycles. The molecule has 0 saturated heterocycles. The predicted molar refractivity (Wildman–Crippen MR) is 92.3 cm³/mol. The van der Waals surface area contributed by atoms with Crippen molar-refractivity contribution < 1.29 is 9.59 Å². The second kappa shape index (κ2) is 12.7. The van der Waals surface area contributed by atoms with Gasteiger partial charge in [0.1, 0.15) is 11.6 Å². The molecule has 0 aliphatic rings. The zero-order valence-corrected chi connectivity index (χ0v) is 15.2. The Balaban J connectivity index is 3.56. The number of rotatable bonds is 14. The quantitative estimate of drug-likeness (QED) is 0.493. The first-order valence-corrected chi connectivity index (χ1v) is 8.41. The van der Waals surface area contributed by atoms with Crippen LogP contribution in [0.1, 0.15) is 46.0 Å². The Hall–Kier alpha value is -0.780. The smallest absolute Gasteiger partial charge is 0.146 e. The molecule has 1 unspecified atom stereocenters. The fraction of sp³-hybridized carbons (Fsp3) is 0.882. The highest BCUT2D eigenvalue weighted by Gasteiger charge is 2.10. The van der Waals surface area contributed by atoms with Crippen LogP contribution in [-0.2, 0) is 9.59 Å². The van der Waals surface area contributed by atoms with Gasteiger partial charge < -0.3 is 10.2 Å². The first kappa shape index (κ1) is 21.2. The first-order valence-electron chi connectivity index (χ1n) is 8.41. The lowest BCUT2D eigenvalue weighted by Gasteiger charge is -2.19.